The van der Waals surface area contributed by atoms with Crippen molar-refractivity contribution in [2.45, 2.75) is 25.3 Å². The number of aromatic nitrogens is 1. The topological polar surface area (TPSA) is 67.6 Å². The van der Waals surface area contributed by atoms with Gasteiger partial charge >= 0.3 is 0 Å². The van der Waals surface area contributed by atoms with Crippen LogP contribution in [0.4, 0.5) is 0 Å². The van der Waals surface area contributed by atoms with Gasteiger partial charge in [0.2, 0.25) is 0 Å². The minimum Gasteiger partial charge on any atom is -0.497 e. The molecule has 1 aromatic heterocycles. The molecule has 164 valence electrons. The van der Waals surface area contributed by atoms with Gasteiger partial charge in [-0.25, -0.2) is 0 Å². The molecule has 1 amide bonds. The van der Waals surface area contributed by atoms with E-state index in [1.807, 2.05) is 42.5 Å². The summed E-state index contributed by atoms with van der Waals surface area (Å²) in [5.74, 6) is 1.19. The third kappa shape index (κ3) is 5.66. The number of nitrogens with zero attached hydrogens (tertiary/aromatic N) is 2. The van der Waals surface area contributed by atoms with E-state index >= 15 is 0 Å². The first-order valence-corrected chi connectivity index (χ1v) is 10.4. The second-order valence-electron chi connectivity index (χ2n) is 7.54. The smallest absolute Gasteiger partial charge is 0.273 e. The predicted molar refractivity (Wildman–Crippen MR) is 123 cm³/mol. The Morgan fingerprint density at radius 1 is 1.10 bits per heavy atom. The maximum Gasteiger partial charge on any atom is 0.273 e. The molecule has 1 atom stereocenters. The Balaban J connectivity index is 0.00000272. The summed E-state index contributed by atoms with van der Waals surface area (Å²) in [5, 5.41) is 7.02. The van der Waals surface area contributed by atoms with Crippen molar-refractivity contribution < 1.29 is 14.1 Å². The van der Waals surface area contributed by atoms with E-state index in [2.05, 4.69) is 27.5 Å². The van der Waals surface area contributed by atoms with Crippen molar-refractivity contribution in [3.05, 3.63) is 71.9 Å². The zero-order valence-electron chi connectivity index (χ0n) is 17.6. The third-order valence-corrected chi connectivity index (χ3v) is 5.59. The van der Waals surface area contributed by atoms with Crippen LogP contribution in [0.1, 0.15) is 41.4 Å². The van der Waals surface area contributed by atoms with Gasteiger partial charge < -0.3 is 14.6 Å². The highest BCUT2D eigenvalue weighted by Crippen LogP contribution is 2.26. The molecule has 0 saturated carbocycles. The van der Waals surface area contributed by atoms with E-state index in [4.69, 9.17) is 9.26 Å². The molecule has 3 aromatic rings. The van der Waals surface area contributed by atoms with Gasteiger partial charge in [-0.1, -0.05) is 54.0 Å². The molecule has 0 bridgehead atoms. The van der Waals surface area contributed by atoms with Crippen LogP contribution >= 0.6 is 12.4 Å². The van der Waals surface area contributed by atoms with Crippen molar-refractivity contribution in [3.8, 4) is 17.1 Å². The summed E-state index contributed by atoms with van der Waals surface area (Å²) in [5.41, 5.74) is 2.36. The van der Waals surface area contributed by atoms with Crippen molar-refractivity contribution in [2.75, 3.05) is 26.7 Å². The Morgan fingerprint density at radius 3 is 2.48 bits per heavy atom. The van der Waals surface area contributed by atoms with E-state index in [1.54, 1.807) is 13.2 Å². The van der Waals surface area contributed by atoms with Gasteiger partial charge in [0.25, 0.3) is 5.91 Å². The molecule has 1 aliphatic heterocycles. The number of carbonyl (C=O) groups excluding carboxylic acids is 1. The third-order valence-electron chi connectivity index (χ3n) is 5.59. The molecule has 6 nitrogen and oxygen atoms in total. The average Bonchev–Trinajstić information content (AvgIpc) is 3.31. The first-order valence-electron chi connectivity index (χ1n) is 10.4. The van der Waals surface area contributed by atoms with Crippen LogP contribution < -0.4 is 10.1 Å². The van der Waals surface area contributed by atoms with Crippen molar-refractivity contribution in [1.29, 1.82) is 0 Å². The molecule has 4 rings (SSSR count). The Hall–Kier alpha value is -2.83. The van der Waals surface area contributed by atoms with Gasteiger partial charge in [0, 0.05) is 18.2 Å². The van der Waals surface area contributed by atoms with Crippen molar-refractivity contribution in [3.63, 3.8) is 0 Å². The summed E-state index contributed by atoms with van der Waals surface area (Å²) in [6, 6.07) is 19.5. The molecule has 2 heterocycles. The molecule has 2 aromatic carbocycles. The highest BCUT2D eigenvalue weighted by molar-refractivity contribution is 5.93. The highest BCUT2D eigenvalue weighted by Gasteiger charge is 2.24. The zero-order valence-corrected chi connectivity index (χ0v) is 18.4. The molecular weight excluding hydrogens is 414 g/mol. The van der Waals surface area contributed by atoms with Crippen LogP contribution in [0.5, 0.6) is 5.75 Å². The molecule has 0 radical (unpaired) electrons. The maximum atomic E-state index is 12.7. The van der Waals surface area contributed by atoms with Crippen molar-refractivity contribution >= 4 is 18.3 Å². The number of likely N-dealkylation sites (tertiary alicyclic amines) is 1. The number of amides is 1. The molecule has 1 fully saturated rings. The summed E-state index contributed by atoms with van der Waals surface area (Å²) in [4.78, 5) is 15.2. The van der Waals surface area contributed by atoms with Crippen molar-refractivity contribution in [2.24, 2.45) is 0 Å². The second kappa shape index (κ2) is 11.0. The van der Waals surface area contributed by atoms with Gasteiger partial charge in [0.1, 0.15) is 5.75 Å². The van der Waals surface area contributed by atoms with Crippen LogP contribution in [0.2, 0.25) is 0 Å². The quantitative estimate of drug-likeness (QED) is 0.574. The van der Waals surface area contributed by atoms with Gasteiger partial charge in [0.15, 0.2) is 11.5 Å². The van der Waals surface area contributed by atoms with Crippen LogP contribution in [0.15, 0.2) is 65.2 Å². The summed E-state index contributed by atoms with van der Waals surface area (Å²) >= 11 is 0. The monoisotopic (exact) mass is 441 g/mol. The first-order chi connectivity index (χ1) is 14.7. The summed E-state index contributed by atoms with van der Waals surface area (Å²) in [6.45, 7) is 2.59. The van der Waals surface area contributed by atoms with Crippen LogP contribution in [0.25, 0.3) is 11.3 Å². The Morgan fingerprint density at radius 2 is 1.81 bits per heavy atom. The van der Waals surface area contributed by atoms with E-state index in [0.29, 0.717) is 18.0 Å². The molecule has 7 heteroatoms. The summed E-state index contributed by atoms with van der Waals surface area (Å²) < 4.78 is 10.7. The predicted octanol–water partition coefficient (Wildman–Crippen LogP) is 4.73. The van der Waals surface area contributed by atoms with E-state index in [0.717, 1.165) is 24.4 Å². The number of hydrogen-bond acceptors (Lipinski definition) is 5. The minimum atomic E-state index is -0.226. The van der Waals surface area contributed by atoms with E-state index in [1.165, 1.54) is 24.8 Å². The van der Waals surface area contributed by atoms with E-state index in [9.17, 15) is 4.79 Å². The number of ether oxygens (including phenoxy) is 1. The molecule has 0 aliphatic carbocycles. The lowest BCUT2D eigenvalue weighted by Crippen LogP contribution is -2.40. The highest BCUT2D eigenvalue weighted by atomic mass is 35.5. The van der Waals surface area contributed by atoms with E-state index < -0.39 is 0 Å². The Labute approximate surface area is 189 Å². The summed E-state index contributed by atoms with van der Waals surface area (Å²) in [7, 11) is 1.67. The van der Waals surface area contributed by atoms with E-state index in [-0.39, 0.29) is 24.4 Å². The van der Waals surface area contributed by atoms with Gasteiger partial charge in [0.05, 0.1) is 13.2 Å². The fourth-order valence-electron chi connectivity index (χ4n) is 3.91. The Kier molecular flexibility index (Phi) is 8.09. The van der Waals surface area contributed by atoms with Crippen LogP contribution in [-0.4, -0.2) is 42.7 Å². The lowest BCUT2D eigenvalue weighted by atomic mass is 10.0. The number of methoxy groups -OCH3 is 1. The number of benzene rings is 2. The number of hydrogen-bond donors (Lipinski definition) is 1. The fraction of sp³-hybridized carbons (Fsp3) is 0.333. The molecule has 1 aliphatic rings. The van der Waals surface area contributed by atoms with Crippen molar-refractivity contribution in [1.82, 2.24) is 15.4 Å². The number of carbonyl (C=O) groups is 1. The Bertz CT molecular complexity index is 954. The van der Waals surface area contributed by atoms with Gasteiger partial charge in [-0.2, -0.15) is 0 Å². The molecule has 1 saturated heterocycles. The number of piperidine rings is 1. The minimum absolute atomic E-state index is 0. The van der Waals surface area contributed by atoms with Gasteiger partial charge in [-0.3, -0.25) is 9.69 Å². The SMILES string of the molecule is COc1ccc(C(CNC(=O)c2cc(-c3ccccc3)on2)N2CCCCC2)cc1.Cl. The lowest BCUT2D eigenvalue weighted by Gasteiger charge is -2.35. The molecule has 31 heavy (non-hydrogen) atoms. The lowest BCUT2D eigenvalue weighted by molar-refractivity contribution is 0.0915. The van der Waals surface area contributed by atoms with Crippen LogP contribution in [-0.2, 0) is 0 Å². The standard InChI is InChI=1S/C24H27N3O3.ClH/c1-29-20-12-10-18(11-13-20)22(27-14-6-3-7-15-27)17-25-24(28)21-16-23(30-26-21)19-8-4-2-5-9-19;/h2,4-5,8-13,16,22H,3,6-7,14-15,17H2,1H3,(H,25,28);1H. The molecule has 1 unspecified atom stereocenters. The molecular formula is C24H28ClN3O3. The number of nitrogens with one attached hydrogen (secondary N) is 1. The second-order valence-corrected chi connectivity index (χ2v) is 7.54. The largest absolute Gasteiger partial charge is 0.497 e. The normalized spacial score (nSPS) is 15.0. The summed E-state index contributed by atoms with van der Waals surface area (Å²) in [6.07, 6.45) is 3.63. The van der Waals surface area contributed by atoms with Crippen LogP contribution in [0.3, 0.4) is 0 Å². The number of halogens is 1. The first kappa shape index (κ1) is 22.8. The van der Waals surface area contributed by atoms with Gasteiger partial charge in [-0.05, 0) is 43.6 Å². The fourth-order valence-corrected chi connectivity index (χ4v) is 3.91. The van der Waals surface area contributed by atoms with Crippen LogP contribution in [0, 0.1) is 0 Å². The number of rotatable bonds is 7. The van der Waals surface area contributed by atoms with Gasteiger partial charge in [-0.15, -0.1) is 12.4 Å². The maximum absolute atomic E-state index is 12.7. The molecule has 0 spiro atoms. The molecule has 1 N–H and O–H groups in total. The average molecular weight is 442 g/mol. The zero-order chi connectivity index (χ0) is 20.8.